The van der Waals surface area contributed by atoms with Gasteiger partial charge in [0.1, 0.15) is 5.37 Å². The number of hydrogen-bond acceptors (Lipinski definition) is 3. The molecule has 1 fully saturated rings. The van der Waals surface area contributed by atoms with Gasteiger partial charge < -0.3 is 4.90 Å². The van der Waals surface area contributed by atoms with E-state index in [4.69, 9.17) is 0 Å². The molecular weight excluding hydrogens is 154 g/mol. The third kappa shape index (κ3) is 0.773. The zero-order chi connectivity index (χ0) is 6.27. The van der Waals surface area contributed by atoms with Gasteiger partial charge in [0.15, 0.2) is 0 Å². The number of rotatable bonds is 0. The van der Waals surface area contributed by atoms with Crippen LogP contribution in [-0.4, -0.2) is 16.2 Å². The van der Waals surface area contributed by atoms with E-state index in [0.717, 1.165) is 6.42 Å². The first-order valence-electron chi connectivity index (χ1n) is 2.68. The van der Waals surface area contributed by atoms with Crippen LogP contribution in [0.3, 0.4) is 0 Å². The Morgan fingerprint density at radius 1 is 1.78 bits per heavy atom. The van der Waals surface area contributed by atoms with Crippen LogP contribution in [0.1, 0.15) is 6.42 Å². The van der Waals surface area contributed by atoms with Gasteiger partial charge in [0.2, 0.25) is 5.91 Å². The maximum atomic E-state index is 10.7. The molecule has 2 aliphatic heterocycles. The lowest BCUT2D eigenvalue weighted by Crippen LogP contribution is -2.47. The van der Waals surface area contributed by atoms with Crippen LogP contribution in [0.15, 0.2) is 11.6 Å². The Bertz CT molecular complexity index is 180. The van der Waals surface area contributed by atoms with Gasteiger partial charge >= 0.3 is 0 Å². The number of amides is 1. The second-order valence-electron chi connectivity index (χ2n) is 1.94. The molecule has 0 saturated carbocycles. The van der Waals surface area contributed by atoms with Crippen LogP contribution in [-0.2, 0) is 4.79 Å². The smallest absolute Gasteiger partial charge is 0.230 e. The number of carbonyl (C=O) groups is 1. The Kier molecular flexibility index (Phi) is 1.23. The standard InChI is InChI=1S/C5H5NOS2/c7-4-3-5-6(4)1-2-8-9-5/h1-2,5H,3H2. The van der Waals surface area contributed by atoms with Crippen molar-refractivity contribution in [2.45, 2.75) is 11.8 Å². The summed E-state index contributed by atoms with van der Waals surface area (Å²) < 4.78 is 0. The van der Waals surface area contributed by atoms with Crippen molar-refractivity contribution >= 4 is 27.5 Å². The Balaban J connectivity index is 2.16. The molecule has 1 saturated heterocycles. The molecule has 9 heavy (non-hydrogen) atoms. The molecule has 2 heterocycles. The lowest BCUT2D eigenvalue weighted by molar-refractivity contribution is -0.137. The van der Waals surface area contributed by atoms with Crippen molar-refractivity contribution in [3.05, 3.63) is 11.6 Å². The fraction of sp³-hybridized carbons (Fsp3) is 0.400. The molecule has 0 aliphatic carbocycles. The monoisotopic (exact) mass is 159 g/mol. The first-order valence-corrected chi connectivity index (χ1v) is 4.95. The molecule has 1 atom stereocenters. The minimum Gasteiger partial charge on any atom is -0.305 e. The second kappa shape index (κ2) is 1.95. The van der Waals surface area contributed by atoms with Crippen molar-refractivity contribution in [1.29, 1.82) is 0 Å². The summed E-state index contributed by atoms with van der Waals surface area (Å²) in [6.07, 6.45) is 2.58. The van der Waals surface area contributed by atoms with Gasteiger partial charge in [-0.3, -0.25) is 4.79 Å². The summed E-state index contributed by atoms with van der Waals surface area (Å²) in [4.78, 5) is 12.5. The molecule has 0 N–H and O–H groups in total. The van der Waals surface area contributed by atoms with E-state index in [2.05, 4.69) is 0 Å². The largest absolute Gasteiger partial charge is 0.305 e. The van der Waals surface area contributed by atoms with Gasteiger partial charge in [0.25, 0.3) is 0 Å². The molecular formula is C5H5NOS2. The van der Waals surface area contributed by atoms with Crippen LogP contribution in [0.4, 0.5) is 0 Å². The van der Waals surface area contributed by atoms with Crippen molar-refractivity contribution in [3.63, 3.8) is 0 Å². The van der Waals surface area contributed by atoms with Crippen LogP contribution in [0.25, 0.3) is 0 Å². The van der Waals surface area contributed by atoms with Crippen LogP contribution >= 0.6 is 21.6 Å². The van der Waals surface area contributed by atoms with E-state index in [0.29, 0.717) is 5.37 Å². The molecule has 4 heteroatoms. The molecule has 2 aliphatic rings. The summed E-state index contributed by atoms with van der Waals surface area (Å²) in [6.45, 7) is 0. The summed E-state index contributed by atoms with van der Waals surface area (Å²) in [5.74, 6) is 0.254. The summed E-state index contributed by atoms with van der Waals surface area (Å²) in [5.41, 5.74) is 0. The van der Waals surface area contributed by atoms with E-state index < -0.39 is 0 Å². The minimum atomic E-state index is 0.254. The third-order valence-corrected chi connectivity index (χ3v) is 3.68. The van der Waals surface area contributed by atoms with Crippen molar-refractivity contribution in [2.75, 3.05) is 0 Å². The lowest BCUT2D eigenvalue weighted by atomic mass is 10.2. The molecule has 1 unspecified atom stereocenters. The Hall–Kier alpha value is -0.0900. The first-order chi connectivity index (χ1) is 4.38. The first kappa shape index (κ1) is 5.68. The Labute approximate surface area is 61.1 Å². The highest BCUT2D eigenvalue weighted by atomic mass is 33.1. The maximum Gasteiger partial charge on any atom is 0.230 e. The normalized spacial score (nSPS) is 31.8. The van der Waals surface area contributed by atoms with Crippen molar-refractivity contribution in [3.8, 4) is 0 Å². The molecule has 2 rings (SSSR count). The van der Waals surface area contributed by atoms with Gasteiger partial charge in [-0.2, -0.15) is 0 Å². The predicted octanol–water partition coefficient (Wildman–Crippen LogP) is 1.41. The highest BCUT2D eigenvalue weighted by Gasteiger charge is 2.36. The van der Waals surface area contributed by atoms with Crippen LogP contribution in [0, 0.1) is 0 Å². The Morgan fingerprint density at radius 2 is 2.67 bits per heavy atom. The van der Waals surface area contributed by atoms with E-state index >= 15 is 0 Å². The summed E-state index contributed by atoms with van der Waals surface area (Å²) in [5, 5.41) is 2.38. The fourth-order valence-electron chi connectivity index (χ4n) is 0.847. The molecule has 0 spiro atoms. The average molecular weight is 159 g/mol. The predicted molar refractivity (Wildman–Crippen MR) is 39.6 cm³/mol. The van der Waals surface area contributed by atoms with Crippen molar-refractivity contribution < 1.29 is 4.79 Å². The van der Waals surface area contributed by atoms with Gasteiger partial charge in [-0.25, -0.2) is 0 Å². The molecule has 0 aromatic heterocycles. The Morgan fingerprint density at radius 3 is 3.22 bits per heavy atom. The van der Waals surface area contributed by atoms with Crippen LogP contribution < -0.4 is 0 Å². The quantitative estimate of drug-likeness (QED) is 0.394. The molecule has 0 aromatic carbocycles. The fourth-order valence-corrected chi connectivity index (χ4v) is 2.92. The zero-order valence-corrected chi connectivity index (χ0v) is 6.24. The summed E-state index contributed by atoms with van der Waals surface area (Å²) in [6, 6.07) is 0. The van der Waals surface area contributed by atoms with E-state index in [1.807, 2.05) is 11.6 Å². The van der Waals surface area contributed by atoms with Gasteiger partial charge in [-0.1, -0.05) is 21.6 Å². The van der Waals surface area contributed by atoms with E-state index in [1.165, 1.54) is 0 Å². The summed E-state index contributed by atoms with van der Waals surface area (Å²) in [7, 11) is 3.45. The molecule has 0 radical (unpaired) electrons. The number of carbonyl (C=O) groups excluding carboxylic acids is 1. The van der Waals surface area contributed by atoms with Gasteiger partial charge in [-0.15, -0.1) is 0 Å². The SMILES string of the molecule is O=C1CC2SSC=CN12. The highest BCUT2D eigenvalue weighted by Crippen LogP contribution is 2.41. The van der Waals surface area contributed by atoms with Gasteiger partial charge in [0, 0.05) is 6.20 Å². The number of nitrogens with zero attached hydrogens (tertiary/aromatic N) is 1. The number of β-lactam (4-membered cyclic amide) rings is 1. The van der Waals surface area contributed by atoms with Crippen molar-refractivity contribution in [1.82, 2.24) is 4.90 Å². The molecule has 0 bridgehead atoms. The van der Waals surface area contributed by atoms with Gasteiger partial charge in [-0.05, 0) is 5.41 Å². The van der Waals surface area contributed by atoms with E-state index in [9.17, 15) is 4.79 Å². The number of hydrogen-bond donors (Lipinski definition) is 0. The van der Waals surface area contributed by atoms with Crippen LogP contribution in [0.2, 0.25) is 0 Å². The van der Waals surface area contributed by atoms with Gasteiger partial charge in [0.05, 0.1) is 6.42 Å². The number of fused-ring (bicyclic) bond motifs is 1. The highest BCUT2D eigenvalue weighted by molar-refractivity contribution is 8.78. The molecule has 1 amide bonds. The summed E-state index contributed by atoms with van der Waals surface area (Å²) >= 11 is 0. The molecule has 2 nitrogen and oxygen atoms in total. The topological polar surface area (TPSA) is 20.3 Å². The molecule has 48 valence electrons. The van der Waals surface area contributed by atoms with E-state index in [-0.39, 0.29) is 5.91 Å². The van der Waals surface area contributed by atoms with E-state index in [1.54, 1.807) is 26.5 Å². The van der Waals surface area contributed by atoms with Crippen molar-refractivity contribution in [2.24, 2.45) is 0 Å². The maximum absolute atomic E-state index is 10.7. The zero-order valence-electron chi connectivity index (χ0n) is 4.61. The minimum absolute atomic E-state index is 0.254. The average Bonchev–Trinajstić information content (AvgIpc) is 1.86. The molecule has 0 aromatic rings. The third-order valence-electron chi connectivity index (χ3n) is 1.39. The lowest BCUT2D eigenvalue weighted by Gasteiger charge is -2.38. The van der Waals surface area contributed by atoms with Crippen LogP contribution in [0.5, 0.6) is 0 Å². The second-order valence-corrected chi connectivity index (χ2v) is 4.29.